The molecule has 0 aliphatic rings. The molecule has 0 spiro atoms. The van der Waals surface area contributed by atoms with Crippen LogP contribution in [0.3, 0.4) is 0 Å². The topological polar surface area (TPSA) is 30.2 Å². The fourth-order valence-corrected chi connectivity index (χ4v) is 2.09. The summed E-state index contributed by atoms with van der Waals surface area (Å²) in [6.07, 6.45) is 2.52. The predicted molar refractivity (Wildman–Crippen MR) is 74.2 cm³/mol. The van der Waals surface area contributed by atoms with Gasteiger partial charge < -0.3 is 4.42 Å². The second kappa shape index (κ2) is 5.38. The Morgan fingerprint density at radius 2 is 2.06 bits per heavy atom. The lowest BCUT2D eigenvalue weighted by molar-refractivity contribution is 0.0957. The predicted octanol–water partition coefficient (Wildman–Crippen LogP) is 4.93. The Morgan fingerprint density at radius 3 is 2.72 bits per heavy atom. The van der Waals surface area contributed by atoms with Gasteiger partial charge in [-0.15, -0.1) is 0 Å². The average molecular weight is 244 g/mol. The molecule has 0 fully saturated rings. The molecular weight excluding hydrogens is 224 g/mol. The molecule has 0 N–H and O–H groups in total. The van der Waals surface area contributed by atoms with Crippen LogP contribution in [0, 0.1) is 0 Å². The molecule has 1 aromatic carbocycles. The van der Waals surface area contributed by atoms with Crippen molar-refractivity contribution in [2.45, 2.75) is 46.0 Å². The van der Waals surface area contributed by atoms with Crippen molar-refractivity contribution in [3.63, 3.8) is 0 Å². The second-order valence-corrected chi connectivity index (χ2v) is 4.89. The molecule has 0 aliphatic carbocycles. The van der Waals surface area contributed by atoms with Gasteiger partial charge in [-0.2, -0.15) is 0 Å². The summed E-state index contributed by atoms with van der Waals surface area (Å²) in [5.74, 6) is 1.13. The molecule has 0 bridgehead atoms. The summed E-state index contributed by atoms with van der Waals surface area (Å²) in [7, 11) is 0. The van der Waals surface area contributed by atoms with Crippen LogP contribution in [0.5, 0.6) is 0 Å². The van der Waals surface area contributed by atoms with E-state index in [1.807, 2.05) is 19.1 Å². The Balaban J connectivity index is 2.36. The maximum atomic E-state index is 11.8. The number of fused-ring (bicyclic) bond motifs is 1. The van der Waals surface area contributed by atoms with E-state index in [-0.39, 0.29) is 5.78 Å². The minimum atomic E-state index is 0.0961. The van der Waals surface area contributed by atoms with Crippen molar-refractivity contribution in [2.75, 3.05) is 0 Å². The van der Waals surface area contributed by atoms with E-state index >= 15 is 0 Å². The fourth-order valence-electron chi connectivity index (χ4n) is 2.09. The highest BCUT2D eigenvalue weighted by Crippen LogP contribution is 2.26. The summed E-state index contributed by atoms with van der Waals surface area (Å²) in [5, 5.41) is 1.03. The first-order valence-corrected chi connectivity index (χ1v) is 6.72. The molecule has 2 aromatic rings. The molecule has 18 heavy (non-hydrogen) atoms. The summed E-state index contributed by atoms with van der Waals surface area (Å²) in [6.45, 7) is 6.40. The number of hydrogen-bond donors (Lipinski definition) is 0. The van der Waals surface area contributed by atoms with E-state index in [4.69, 9.17) is 4.42 Å². The third-order valence-electron chi connectivity index (χ3n) is 3.47. The van der Waals surface area contributed by atoms with Gasteiger partial charge in [-0.3, -0.25) is 4.79 Å². The van der Waals surface area contributed by atoms with E-state index in [2.05, 4.69) is 26.0 Å². The zero-order chi connectivity index (χ0) is 13.1. The van der Waals surface area contributed by atoms with Crippen molar-refractivity contribution < 1.29 is 9.21 Å². The molecule has 0 saturated carbocycles. The summed E-state index contributed by atoms with van der Waals surface area (Å²) < 4.78 is 5.60. The minimum absolute atomic E-state index is 0.0961. The summed E-state index contributed by atoms with van der Waals surface area (Å²) >= 11 is 0. The van der Waals surface area contributed by atoms with Crippen molar-refractivity contribution in [2.24, 2.45) is 0 Å². The van der Waals surface area contributed by atoms with Crippen molar-refractivity contribution >= 4 is 16.8 Å². The molecule has 1 unspecified atom stereocenters. The van der Waals surface area contributed by atoms with Crippen LogP contribution >= 0.6 is 0 Å². The third kappa shape index (κ3) is 2.47. The zero-order valence-electron chi connectivity index (χ0n) is 11.3. The second-order valence-electron chi connectivity index (χ2n) is 4.89. The number of ketones is 1. The standard InChI is InChI=1S/C16H20O2/c1-4-6-14(17)16-10-13-9-12(11(3)5-2)7-8-15(13)18-16/h7-11H,4-6H2,1-3H3. The Kier molecular flexibility index (Phi) is 3.85. The monoisotopic (exact) mass is 244 g/mol. The van der Waals surface area contributed by atoms with Gasteiger partial charge in [-0.1, -0.05) is 26.8 Å². The molecule has 1 heterocycles. The Morgan fingerprint density at radius 1 is 1.28 bits per heavy atom. The molecule has 0 amide bonds. The molecule has 0 aliphatic heterocycles. The van der Waals surface area contributed by atoms with Crippen LogP contribution in [0.2, 0.25) is 0 Å². The lowest BCUT2D eigenvalue weighted by Gasteiger charge is -2.07. The molecule has 1 atom stereocenters. The Labute approximate surface area is 108 Å². The first-order valence-electron chi connectivity index (χ1n) is 6.72. The maximum Gasteiger partial charge on any atom is 0.198 e. The van der Waals surface area contributed by atoms with Crippen LogP contribution in [-0.2, 0) is 0 Å². The van der Waals surface area contributed by atoms with Crippen LogP contribution in [0.1, 0.15) is 62.1 Å². The highest BCUT2D eigenvalue weighted by molar-refractivity contribution is 5.97. The molecule has 2 rings (SSSR count). The van der Waals surface area contributed by atoms with E-state index in [1.54, 1.807) is 0 Å². The Hall–Kier alpha value is -1.57. The number of benzene rings is 1. The van der Waals surface area contributed by atoms with Crippen molar-refractivity contribution in [1.29, 1.82) is 0 Å². The molecule has 1 aromatic heterocycles. The van der Waals surface area contributed by atoms with Crippen LogP contribution in [0.25, 0.3) is 11.0 Å². The Bertz CT molecular complexity index is 551. The van der Waals surface area contributed by atoms with E-state index < -0.39 is 0 Å². The summed E-state index contributed by atoms with van der Waals surface area (Å²) in [6, 6.07) is 8.07. The largest absolute Gasteiger partial charge is 0.453 e. The van der Waals surface area contributed by atoms with Gasteiger partial charge in [0.05, 0.1) is 0 Å². The number of rotatable bonds is 5. The van der Waals surface area contributed by atoms with Crippen LogP contribution in [-0.4, -0.2) is 5.78 Å². The molecule has 2 heteroatoms. The van der Waals surface area contributed by atoms with Gasteiger partial charge in [-0.25, -0.2) is 0 Å². The van der Waals surface area contributed by atoms with Gasteiger partial charge >= 0.3 is 0 Å². The smallest absolute Gasteiger partial charge is 0.198 e. The summed E-state index contributed by atoms with van der Waals surface area (Å²) in [4.78, 5) is 11.8. The first-order chi connectivity index (χ1) is 8.65. The number of furan rings is 1. The lowest BCUT2D eigenvalue weighted by atomic mass is 9.97. The maximum absolute atomic E-state index is 11.8. The SMILES string of the molecule is CCCC(=O)c1cc2cc(C(C)CC)ccc2o1. The van der Waals surface area contributed by atoms with Gasteiger partial charge in [0.15, 0.2) is 11.5 Å². The van der Waals surface area contributed by atoms with Crippen molar-refractivity contribution in [3.8, 4) is 0 Å². The minimum Gasteiger partial charge on any atom is -0.453 e. The van der Waals surface area contributed by atoms with E-state index in [9.17, 15) is 4.79 Å². The van der Waals surface area contributed by atoms with Gasteiger partial charge in [0.2, 0.25) is 0 Å². The quantitative estimate of drug-likeness (QED) is 0.698. The van der Waals surface area contributed by atoms with Crippen LogP contribution < -0.4 is 0 Å². The van der Waals surface area contributed by atoms with Crippen LogP contribution in [0.4, 0.5) is 0 Å². The third-order valence-corrected chi connectivity index (χ3v) is 3.47. The molecular formula is C16H20O2. The normalized spacial score (nSPS) is 12.8. The number of carbonyl (C=O) groups excluding carboxylic acids is 1. The lowest BCUT2D eigenvalue weighted by Crippen LogP contribution is -1.94. The first kappa shape index (κ1) is 12.9. The molecule has 96 valence electrons. The van der Waals surface area contributed by atoms with Gasteiger partial charge in [0, 0.05) is 11.8 Å². The highest BCUT2D eigenvalue weighted by Gasteiger charge is 2.12. The van der Waals surface area contributed by atoms with E-state index in [1.165, 1.54) is 5.56 Å². The van der Waals surface area contributed by atoms with Crippen molar-refractivity contribution in [3.05, 3.63) is 35.6 Å². The molecule has 2 nitrogen and oxygen atoms in total. The van der Waals surface area contributed by atoms with E-state index in [0.717, 1.165) is 23.8 Å². The van der Waals surface area contributed by atoms with Gasteiger partial charge in [-0.05, 0) is 42.5 Å². The fraction of sp³-hybridized carbons (Fsp3) is 0.438. The molecule has 0 saturated heterocycles. The summed E-state index contributed by atoms with van der Waals surface area (Å²) in [5.41, 5.74) is 2.11. The van der Waals surface area contributed by atoms with Gasteiger partial charge in [0.1, 0.15) is 5.58 Å². The molecule has 0 radical (unpaired) electrons. The van der Waals surface area contributed by atoms with E-state index in [0.29, 0.717) is 18.1 Å². The van der Waals surface area contributed by atoms with Crippen molar-refractivity contribution in [1.82, 2.24) is 0 Å². The average Bonchev–Trinajstić information content (AvgIpc) is 2.80. The highest BCUT2D eigenvalue weighted by atomic mass is 16.3. The van der Waals surface area contributed by atoms with Crippen LogP contribution in [0.15, 0.2) is 28.7 Å². The number of hydrogen-bond acceptors (Lipinski definition) is 2. The zero-order valence-corrected chi connectivity index (χ0v) is 11.3. The van der Waals surface area contributed by atoms with Gasteiger partial charge in [0.25, 0.3) is 0 Å². The number of Topliss-reactive ketones (excluding diaryl/α,β-unsaturated/α-hetero) is 1. The number of carbonyl (C=O) groups is 1.